The average molecular weight is 540 g/mol. The van der Waals surface area contributed by atoms with E-state index in [1.807, 2.05) is 23.2 Å². The Balaban J connectivity index is 1.36. The van der Waals surface area contributed by atoms with Gasteiger partial charge < -0.3 is 9.84 Å². The van der Waals surface area contributed by atoms with Crippen LogP contribution in [0.1, 0.15) is 42.1 Å². The zero-order chi connectivity index (χ0) is 27.9. The van der Waals surface area contributed by atoms with Crippen LogP contribution in [0.25, 0.3) is 0 Å². The fourth-order valence-corrected chi connectivity index (χ4v) is 5.62. The lowest BCUT2D eigenvalue weighted by Crippen LogP contribution is -2.56. The number of nitrogens with one attached hydrogen (secondary N) is 2. The van der Waals surface area contributed by atoms with Crippen LogP contribution in [0.5, 0.6) is 5.75 Å². The van der Waals surface area contributed by atoms with Gasteiger partial charge in [0.15, 0.2) is 5.84 Å². The normalized spacial score (nSPS) is 20.5. The Labute approximate surface area is 236 Å². The van der Waals surface area contributed by atoms with Gasteiger partial charge in [-0.2, -0.15) is 5.26 Å². The summed E-state index contributed by atoms with van der Waals surface area (Å²) in [6.07, 6.45) is 0. The molecule has 2 heterocycles. The van der Waals surface area contributed by atoms with E-state index in [-0.39, 0.29) is 18.4 Å². The number of piperazine rings is 1. The standard InChI is InChI=1S/C31H37N7O2/c1-23-21-37(24(2)20-36(23)22-25-7-4-3-5-8-25)30(28-9-6-10-29(39)19-28)26-11-13-27(14-12-26)31-33-34-35-38(31)16-18-40-17-15-32/h3-14,19,23-24,30,34-35,39H,16-18,20-22H2,1-2H3/t23-,24+,30+/m1/s1. The maximum Gasteiger partial charge on any atom is 0.173 e. The van der Waals surface area contributed by atoms with Gasteiger partial charge in [0.2, 0.25) is 0 Å². The number of amidine groups is 1. The zero-order valence-corrected chi connectivity index (χ0v) is 23.1. The number of hydrazone groups is 1. The molecule has 1 saturated heterocycles. The van der Waals surface area contributed by atoms with Crippen LogP contribution in [-0.2, 0) is 11.3 Å². The second kappa shape index (κ2) is 12.9. The number of aromatic hydroxyl groups is 1. The van der Waals surface area contributed by atoms with Gasteiger partial charge in [0.25, 0.3) is 0 Å². The van der Waals surface area contributed by atoms with Gasteiger partial charge in [0, 0.05) is 37.3 Å². The molecule has 0 bridgehead atoms. The van der Waals surface area contributed by atoms with Crippen molar-refractivity contribution >= 4 is 5.84 Å². The summed E-state index contributed by atoms with van der Waals surface area (Å²) in [5.41, 5.74) is 10.4. The molecule has 3 atom stereocenters. The summed E-state index contributed by atoms with van der Waals surface area (Å²) in [6.45, 7) is 8.43. The van der Waals surface area contributed by atoms with Gasteiger partial charge in [-0.1, -0.05) is 66.7 Å². The van der Waals surface area contributed by atoms with E-state index >= 15 is 0 Å². The number of hydrogen-bond donors (Lipinski definition) is 3. The Kier molecular flexibility index (Phi) is 8.94. The fraction of sp³-hybridized carbons (Fsp3) is 0.355. The SMILES string of the molecule is C[C@@H]1CN([C@@H](c2ccc(C3=NNNN3CCOCC#N)cc2)c2cccc(O)c2)[C@@H](C)CN1Cc1ccccc1. The maximum atomic E-state index is 10.4. The molecule has 5 rings (SSSR count). The largest absolute Gasteiger partial charge is 0.508 e. The first-order chi connectivity index (χ1) is 19.5. The molecule has 0 saturated carbocycles. The van der Waals surface area contributed by atoms with E-state index in [9.17, 15) is 5.11 Å². The van der Waals surface area contributed by atoms with Crippen molar-refractivity contribution in [2.24, 2.45) is 5.10 Å². The summed E-state index contributed by atoms with van der Waals surface area (Å²) >= 11 is 0. The number of hydrogen-bond acceptors (Lipinski definition) is 9. The predicted molar refractivity (Wildman–Crippen MR) is 155 cm³/mol. The van der Waals surface area contributed by atoms with Crippen LogP contribution in [0.3, 0.4) is 0 Å². The number of benzene rings is 3. The predicted octanol–water partition coefficient (Wildman–Crippen LogP) is 3.60. The molecule has 2 aliphatic heterocycles. The monoisotopic (exact) mass is 539 g/mol. The number of phenols is 1. The number of nitriles is 1. The number of phenolic OH excluding ortho intramolecular Hbond substituents is 1. The zero-order valence-electron chi connectivity index (χ0n) is 23.1. The van der Waals surface area contributed by atoms with E-state index in [1.54, 1.807) is 6.07 Å². The molecule has 0 radical (unpaired) electrons. The Morgan fingerprint density at radius 1 is 1.00 bits per heavy atom. The Morgan fingerprint density at radius 3 is 2.55 bits per heavy atom. The van der Waals surface area contributed by atoms with Gasteiger partial charge in [-0.3, -0.25) is 14.8 Å². The molecular weight excluding hydrogens is 502 g/mol. The molecule has 0 unspecified atom stereocenters. The maximum absolute atomic E-state index is 10.4. The molecule has 2 aliphatic rings. The molecule has 0 aromatic heterocycles. The summed E-state index contributed by atoms with van der Waals surface area (Å²) < 4.78 is 5.31. The minimum atomic E-state index is -0.00488. The highest BCUT2D eigenvalue weighted by Gasteiger charge is 2.35. The lowest BCUT2D eigenvalue weighted by molar-refractivity contribution is 0.0195. The highest BCUT2D eigenvalue weighted by Crippen LogP contribution is 2.35. The van der Waals surface area contributed by atoms with Crippen LogP contribution >= 0.6 is 0 Å². The fourth-order valence-electron chi connectivity index (χ4n) is 5.62. The highest BCUT2D eigenvalue weighted by atomic mass is 16.5. The molecule has 208 valence electrons. The Bertz CT molecular complexity index is 1330. The second-order valence-corrected chi connectivity index (χ2v) is 10.5. The Morgan fingerprint density at radius 2 is 1.80 bits per heavy atom. The van der Waals surface area contributed by atoms with Crippen LogP contribution in [0.2, 0.25) is 0 Å². The van der Waals surface area contributed by atoms with Gasteiger partial charge in [0.1, 0.15) is 12.4 Å². The van der Waals surface area contributed by atoms with Crippen LogP contribution in [0.15, 0.2) is 84.0 Å². The summed E-state index contributed by atoms with van der Waals surface area (Å²) in [7, 11) is 0. The Hall–Kier alpha value is -3.94. The van der Waals surface area contributed by atoms with E-state index in [0.29, 0.717) is 25.2 Å². The number of hydrazine groups is 2. The van der Waals surface area contributed by atoms with Crippen molar-refractivity contribution in [2.75, 3.05) is 32.8 Å². The first-order valence-electron chi connectivity index (χ1n) is 13.8. The summed E-state index contributed by atoms with van der Waals surface area (Å²) in [4.78, 5) is 5.12. The summed E-state index contributed by atoms with van der Waals surface area (Å²) in [5, 5.41) is 25.3. The van der Waals surface area contributed by atoms with Crippen LogP contribution in [0.4, 0.5) is 0 Å². The van der Waals surface area contributed by atoms with E-state index < -0.39 is 0 Å². The van der Waals surface area contributed by atoms with Crippen molar-refractivity contribution in [2.45, 2.75) is 38.5 Å². The number of ether oxygens (including phenoxy) is 1. The molecule has 9 nitrogen and oxygen atoms in total. The summed E-state index contributed by atoms with van der Waals surface area (Å²) in [6, 6.07) is 29.4. The van der Waals surface area contributed by atoms with Crippen molar-refractivity contribution in [3.05, 3.63) is 101 Å². The van der Waals surface area contributed by atoms with Crippen molar-refractivity contribution < 1.29 is 9.84 Å². The number of rotatable bonds is 10. The minimum absolute atomic E-state index is 0.00488. The third-order valence-electron chi connectivity index (χ3n) is 7.62. The van der Waals surface area contributed by atoms with Gasteiger partial charge in [-0.15, -0.1) is 10.6 Å². The third-order valence-corrected chi connectivity index (χ3v) is 7.62. The van der Waals surface area contributed by atoms with E-state index in [2.05, 4.69) is 100 Å². The van der Waals surface area contributed by atoms with Crippen molar-refractivity contribution in [1.29, 1.82) is 5.26 Å². The van der Waals surface area contributed by atoms with Crippen LogP contribution in [0, 0.1) is 11.3 Å². The minimum Gasteiger partial charge on any atom is -0.508 e. The van der Waals surface area contributed by atoms with Crippen molar-refractivity contribution in [1.82, 2.24) is 25.9 Å². The lowest BCUT2D eigenvalue weighted by atomic mass is 9.92. The average Bonchev–Trinajstić information content (AvgIpc) is 3.43. The summed E-state index contributed by atoms with van der Waals surface area (Å²) in [5.74, 6) is 1.03. The molecular formula is C31H37N7O2. The molecule has 3 aromatic carbocycles. The van der Waals surface area contributed by atoms with Gasteiger partial charge in [-0.25, -0.2) is 5.53 Å². The molecule has 0 amide bonds. The molecule has 40 heavy (non-hydrogen) atoms. The topological polar surface area (TPSA) is 99.4 Å². The van der Waals surface area contributed by atoms with Crippen molar-refractivity contribution in [3.8, 4) is 11.8 Å². The van der Waals surface area contributed by atoms with Gasteiger partial charge >= 0.3 is 0 Å². The van der Waals surface area contributed by atoms with E-state index in [4.69, 9.17) is 10.00 Å². The first kappa shape index (κ1) is 27.6. The van der Waals surface area contributed by atoms with E-state index in [0.717, 1.165) is 42.2 Å². The molecule has 0 aliphatic carbocycles. The quantitative estimate of drug-likeness (QED) is 0.336. The molecule has 3 aromatic rings. The van der Waals surface area contributed by atoms with Gasteiger partial charge in [-0.05, 0) is 42.7 Å². The molecule has 0 spiro atoms. The highest BCUT2D eigenvalue weighted by molar-refractivity contribution is 5.99. The smallest absolute Gasteiger partial charge is 0.173 e. The molecule has 1 fully saturated rings. The second-order valence-electron chi connectivity index (χ2n) is 10.5. The van der Waals surface area contributed by atoms with Crippen LogP contribution < -0.4 is 11.1 Å². The number of nitrogens with zero attached hydrogens (tertiary/aromatic N) is 5. The first-order valence-corrected chi connectivity index (χ1v) is 13.8. The lowest BCUT2D eigenvalue weighted by Gasteiger charge is -2.47. The third kappa shape index (κ3) is 6.43. The van der Waals surface area contributed by atoms with E-state index in [1.165, 1.54) is 5.56 Å². The van der Waals surface area contributed by atoms with Crippen molar-refractivity contribution in [3.63, 3.8) is 0 Å². The van der Waals surface area contributed by atoms with Crippen LogP contribution in [-0.4, -0.2) is 70.7 Å². The molecule has 9 heteroatoms. The van der Waals surface area contributed by atoms with Gasteiger partial charge in [0.05, 0.1) is 25.3 Å². The molecule has 3 N–H and O–H groups in total.